The van der Waals surface area contributed by atoms with Crippen LogP contribution in [0.2, 0.25) is 0 Å². The Morgan fingerprint density at radius 2 is 1.89 bits per heavy atom. The van der Waals surface area contributed by atoms with Gasteiger partial charge in [0.1, 0.15) is 17.8 Å². The molecular weight excluding hydrogens is 752 g/mol. The first kappa shape index (κ1) is 36.1. The van der Waals surface area contributed by atoms with Crippen molar-refractivity contribution in [3.63, 3.8) is 0 Å². The highest BCUT2D eigenvalue weighted by Gasteiger charge is 2.31. The fourth-order valence-corrected chi connectivity index (χ4v) is 8.32. The van der Waals surface area contributed by atoms with Gasteiger partial charge in [-0.3, -0.25) is 29.7 Å². The predicted molar refractivity (Wildman–Crippen MR) is 209 cm³/mol. The molecule has 9 rings (SSSR count). The number of amides is 3. The van der Waals surface area contributed by atoms with Gasteiger partial charge in [-0.2, -0.15) is 19.7 Å². The maximum atomic E-state index is 15.5. The second-order valence-corrected chi connectivity index (χ2v) is 15.8. The lowest BCUT2D eigenvalue weighted by Gasteiger charge is -2.39. The van der Waals surface area contributed by atoms with Crippen molar-refractivity contribution in [2.75, 3.05) is 29.9 Å². The van der Waals surface area contributed by atoms with Gasteiger partial charge < -0.3 is 10.1 Å². The summed E-state index contributed by atoms with van der Waals surface area (Å²) in [4.78, 5) is 37.9. The number of ether oxygens (including phenoxy) is 1. The van der Waals surface area contributed by atoms with Gasteiger partial charge >= 0.3 is 6.03 Å². The molecule has 2 fully saturated rings. The van der Waals surface area contributed by atoms with Gasteiger partial charge in [-0.15, -0.1) is 5.10 Å². The number of halogens is 1. The van der Waals surface area contributed by atoms with Crippen LogP contribution in [0.3, 0.4) is 0 Å². The zero-order valence-corrected chi connectivity index (χ0v) is 32.0. The number of aryl methyl sites for hydroxylation is 1. The zero-order valence-electron chi connectivity index (χ0n) is 31.1. The van der Waals surface area contributed by atoms with Crippen molar-refractivity contribution in [3.8, 4) is 17.0 Å². The van der Waals surface area contributed by atoms with Gasteiger partial charge in [0.25, 0.3) is 0 Å². The number of nitrogens with zero attached hydrogens (tertiary/aromatic N) is 9. The summed E-state index contributed by atoms with van der Waals surface area (Å²) in [6, 6.07) is 17.7. The van der Waals surface area contributed by atoms with Crippen molar-refractivity contribution < 1.29 is 22.9 Å². The van der Waals surface area contributed by atoms with Crippen LogP contribution in [0.15, 0.2) is 89.2 Å². The van der Waals surface area contributed by atoms with E-state index in [-0.39, 0.29) is 30.1 Å². The van der Waals surface area contributed by atoms with Crippen LogP contribution in [0, 0.1) is 5.82 Å². The van der Waals surface area contributed by atoms with E-state index in [0.29, 0.717) is 51.7 Å². The summed E-state index contributed by atoms with van der Waals surface area (Å²) in [5, 5.41) is 22.0. The molecule has 7 aromatic rings. The molecule has 0 bridgehead atoms. The minimum atomic E-state index is -1.62. The van der Waals surface area contributed by atoms with E-state index < -0.39 is 22.6 Å². The maximum Gasteiger partial charge on any atom is 0.329 e. The summed E-state index contributed by atoms with van der Waals surface area (Å²) in [5.74, 6) is 0.526. The third kappa shape index (κ3) is 6.97. The average molecular weight is 789 g/mol. The molecule has 0 aliphatic carbocycles. The molecule has 3 N–H and O–H groups in total. The molecule has 2 aliphatic heterocycles. The number of likely N-dealkylation sites (tertiary alicyclic amines) is 1. The van der Waals surface area contributed by atoms with Crippen LogP contribution in [-0.4, -0.2) is 86.3 Å². The lowest BCUT2D eigenvalue weighted by molar-refractivity contribution is -0.120. The SMILES string of the molecule is CC(C)Oc1c(-c2cn[nH]c2)ncn2nc(Nc3ccc(S(=O)c4cccc(CN5CC(c6ccc7c(N8CCC(=O)NC8=O)nn(C)c7c6)C5)c4)cc3F)nc12. The monoisotopic (exact) mass is 788 g/mol. The van der Waals surface area contributed by atoms with Crippen LogP contribution in [0.4, 0.5) is 26.6 Å². The topological polar surface area (TPSA) is 181 Å². The quantitative estimate of drug-likeness (QED) is 0.155. The van der Waals surface area contributed by atoms with Crippen molar-refractivity contribution >= 4 is 56.7 Å². The van der Waals surface area contributed by atoms with E-state index in [1.54, 1.807) is 29.2 Å². The first-order chi connectivity index (χ1) is 27.6. The summed E-state index contributed by atoms with van der Waals surface area (Å²) >= 11 is 0. The van der Waals surface area contributed by atoms with Crippen molar-refractivity contribution in [3.05, 3.63) is 96.3 Å². The summed E-state index contributed by atoms with van der Waals surface area (Å²) in [6.07, 6.45) is 4.91. The van der Waals surface area contributed by atoms with Crippen LogP contribution in [0.1, 0.15) is 37.3 Å². The summed E-state index contributed by atoms with van der Waals surface area (Å²) in [7, 11) is 0.226. The van der Waals surface area contributed by atoms with Crippen LogP contribution >= 0.6 is 0 Å². The van der Waals surface area contributed by atoms with Crippen molar-refractivity contribution in [1.82, 2.24) is 49.8 Å². The molecule has 0 radical (unpaired) electrons. The number of hydrogen-bond acceptors (Lipinski definition) is 11. The molecule has 290 valence electrons. The Balaban J connectivity index is 0.850. The number of aromatic nitrogens is 8. The van der Waals surface area contributed by atoms with Crippen molar-refractivity contribution in [2.45, 2.75) is 48.6 Å². The number of hydrogen-bond donors (Lipinski definition) is 3. The highest BCUT2D eigenvalue weighted by Crippen LogP contribution is 2.35. The number of aromatic amines is 1. The number of benzene rings is 3. The number of nitrogens with one attached hydrogen (secondary N) is 3. The van der Waals surface area contributed by atoms with Crippen molar-refractivity contribution in [2.24, 2.45) is 7.05 Å². The number of urea groups is 1. The maximum absolute atomic E-state index is 15.5. The van der Waals surface area contributed by atoms with E-state index in [0.717, 1.165) is 35.1 Å². The van der Waals surface area contributed by atoms with E-state index in [1.807, 2.05) is 45.2 Å². The van der Waals surface area contributed by atoms with E-state index >= 15 is 4.39 Å². The fraction of sp³-hybridized carbons (Fsp3) is 0.256. The molecule has 3 aromatic carbocycles. The number of carbonyl (C=O) groups excluding carboxylic acids is 2. The second kappa shape index (κ2) is 14.5. The molecule has 0 spiro atoms. The number of fused-ring (bicyclic) bond motifs is 2. The Hall–Kier alpha value is -6.53. The molecule has 3 amide bonds. The van der Waals surface area contributed by atoms with Crippen LogP contribution in [0.25, 0.3) is 27.8 Å². The average Bonchev–Trinajstić information content (AvgIpc) is 3.93. The molecule has 2 saturated heterocycles. The molecule has 0 saturated carbocycles. The molecule has 1 unspecified atom stereocenters. The second-order valence-electron chi connectivity index (χ2n) is 14.3. The summed E-state index contributed by atoms with van der Waals surface area (Å²) in [6.45, 7) is 6.44. The lowest BCUT2D eigenvalue weighted by Crippen LogP contribution is -2.49. The van der Waals surface area contributed by atoms with Crippen LogP contribution in [0.5, 0.6) is 5.75 Å². The van der Waals surface area contributed by atoms with E-state index in [1.165, 1.54) is 33.4 Å². The first-order valence-electron chi connectivity index (χ1n) is 18.4. The lowest BCUT2D eigenvalue weighted by atomic mass is 9.90. The zero-order chi connectivity index (χ0) is 39.4. The van der Waals surface area contributed by atoms with E-state index in [9.17, 15) is 13.8 Å². The normalized spacial score (nSPS) is 15.7. The Labute approximate surface area is 327 Å². The van der Waals surface area contributed by atoms with Gasteiger partial charge in [0.2, 0.25) is 17.5 Å². The van der Waals surface area contributed by atoms with Gasteiger partial charge in [-0.1, -0.05) is 18.2 Å². The standard InChI is InChI=1S/C39H37FN12O4S/c1-22(2)56-35-34(25-16-42-43-17-25)41-21-52-37(35)46-38(48-52)44-31-10-8-28(15-30(31)40)57(55)27-6-4-5-23(13-27)18-50-19-26(20-50)24-7-9-29-32(14-24)49(3)47-36(29)51-12-11-33(53)45-39(51)54/h4-10,13-17,21-22,26H,11-12,18-20H2,1-3H3,(H,42,43)(H,44,48)(H,45,53,54). The van der Waals surface area contributed by atoms with Crippen LogP contribution in [-0.2, 0) is 29.2 Å². The number of imide groups is 1. The van der Waals surface area contributed by atoms with E-state index in [2.05, 4.69) is 58.0 Å². The predicted octanol–water partition coefficient (Wildman–Crippen LogP) is 5.28. The smallest absolute Gasteiger partial charge is 0.329 e. The van der Waals surface area contributed by atoms with Crippen molar-refractivity contribution in [1.29, 1.82) is 0 Å². The molecular formula is C39H37FN12O4S. The fourth-order valence-electron chi connectivity index (χ4n) is 7.19. The Morgan fingerprint density at radius 1 is 1.05 bits per heavy atom. The number of H-pyrrole nitrogens is 1. The van der Waals surface area contributed by atoms with Crippen LogP contribution < -0.4 is 20.3 Å². The van der Waals surface area contributed by atoms with Gasteiger partial charge in [0.05, 0.1) is 34.3 Å². The number of rotatable bonds is 11. The van der Waals surface area contributed by atoms with Gasteiger partial charge in [-0.05, 0) is 67.4 Å². The molecule has 2 aliphatic rings. The number of anilines is 3. The molecule has 6 heterocycles. The Morgan fingerprint density at radius 3 is 2.67 bits per heavy atom. The number of carbonyl (C=O) groups is 2. The minimum Gasteiger partial charge on any atom is -0.485 e. The first-order valence-corrected chi connectivity index (χ1v) is 19.5. The highest BCUT2D eigenvalue weighted by atomic mass is 32.2. The van der Waals surface area contributed by atoms with Gasteiger partial charge in [-0.25, -0.2) is 18.4 Å². The largest absolute Gasteiger partial charge is 0.485 e. The highest BCUT2D eigenvalue weighted by molar-refractivity contribution is 7.85. The minimum absolute atomic E-state index is 0.122. The van der Waals surface area contributed by atoms with Gasteiger partial charge in [0, 0.05) is 72.5 Å². The molecule has 16 nitrogen and oxygen atoms in total. The third-order valence-corrected chi connectivity index (χ3v) is 11.3. The molecule has 4 aromatic heterocycles. The third-order valence-electron chi connectivity index (χ3n) is 9.98. The Bertz CT molecular complexity index is 2710. The Kier molecular flexibility index (Phi) is 9.20. The summed E-state index contributed by atoms with van der Waals surface area (Å²) < 4.78 is 38.5. The summed E-state index contributed by atoms with van der Waals surface area (Å²) in [5.41, 5.74) is 4.89. The van der Waals surface area contributed by atoms with Gasteiger partial charge in [0.15, 0.2) is 11.6 Å². The molecule has 57 heavy (non-hydrogen) atoms. The van der Waals surface area contributed by atoms with E-state index in [4.69, 9.17) is 4.74 Å². The molecule has 18 heteroatoms. The molecule has 1 atom stereocenters.